The molecule has 6 nitrogen and oxygen atoms in total. The normalized spacial score (nSPS) is 15.2. The zero-order chi connectivity index (χ0) is 28.0. The fourth-order valence-corrected chi connectivity index (χ4v) is 6.63. The number of hydrogen-bond donors (Lipinski definition) is 1. The number of aryl methyl sites for hydroxylation is 1. The molecule has 0 spiro atoms. The van der Waals surface area contributed by atoms with Crippen LogP contribution in [0.4, 0.5) is 4.39 Å². The highest BCUT2D eigenvalue weighted by Crippen LogP contribution is 2.43. The smallest absolute Gasteiger partial charge is 0.337 e. The van der Waals surface area contributed by atoms with Gasteiger partial charge in [-0.25, -0.2) is 17.6 Å². The number of benzene rings is 3. The van der Waals surface area contributed by atoms with Crippen LogP contribution in [-0.2, 0) is 32.5 Å². The zero-order valence-corrected chi connectivity index (χ0v) is 23.4. The van der Waals surface area contributed by atoms with Crippen LogP contribution in [0.25, 0.3) is 11.1 Å². The van der Waals surface area contributed by atoms with Gasteiger partial charge in [0, 0.05) is 18.7 Å². The van der Waals surface area contributed by atoms with Crippen molar-refractivity contribution in [2.45, 2.75) is 71.1 Å². The van der Waals surface area contributed by atoms with Gasteiger partial charge in [0.15, 0.2) is 6.10 Å². The zero-order valence-electron chi connectivity index (χ0n) is 22.6. The summed E-state index contributed by atoms with van der Waals surface area (Å²) in [6.45, 7) is 11.5. The van der Waals surface area contributed by atoms with Crippen molar-refractivity contribution in [1.29, 1.82) is 0 Å². The third-order valence-corrected chi connectivity index (χ3v) is 8.84. The number of halogens is 1. The number of sulfonamides is 1. The summed E-state index contributed by atoms with van der Waals surface area (Å²) in [6, 6.07) is 12.9. The maximum absolute atomic E-state index is 13.9. The molecule has 1 atom stereocenters. The molecule has 0 fully saturated rings. The number of rotatable bonds is 6. The highest BCUT2D eigenvalue weighted by molar-refractivity contribution is 7.89. The van der Waals surface area contributed by atoms with Crippen LogP contribution in [-0.4, -0.2) is 35.9 Å². The molecule has 3 aromatic rings. The molecule has 1 unspecified atom stereocenters. The van der Waals surface area contributed by atoms with E-state index in [0.29, 0.717) is 17.5 Å². The first-order chi connectivity index (χ1) is 17.7. The number of fused-ring (bicyclic) bond motifs is 1. The number of ether oxygens (including phenoxy) is 1. The first-order valence-corrected chi connectivity index (χ1v) is 14.0. The van der Waals surface area contributed by atoms with E-state index >= 15 is 0 Å². The molecule has 8 heteroatoms. The molecule has 1 heterocycles. The Morgan fingerprint density at radius 3 is 2.26 bits per heavy atom. The molecule has 0 aromatic heterocycles. The largest absolute Gasteiger partial charge is 0.479 e. The van der Waals surface area contributed by atoms with Crippen LogP contribution >= 0.6 is 0 Å². The lowest BCUT2D eigenvalue weighted by molar-refractivity contribution is -0.160. The van der Waals surface area contributed by atoms with E-state index in [-0.39, 0.29) is 18.0 Å². The molecule has 0 saturated heterocycles. The van der Waals surface area contributed by atoms with Gasteiger partial charge >= 0.3 is 5.97 Å². The van der Waals surface area contributed by atoms with Crippen molar-refractivity contribution >= 4 is 16.0 Å². The summed E-state index contributed by atoms with van der Waals surface area (Å²) in [4.78, 5) is 12.5. The van der Waals surface area contributed by atoms with Gasteiger partial charge in [0.25, 0.3) is 0 Å². The molecule has 1 N–H and O–H groups in total. The molecular formula is C30H34FNO5S. The third-order valence-electron chi connectivity index (χ3n) is 7.00. The molecule has 4 rings (SSSR count). The van der Waals surface area contributed by atoms with Gasteiger partial charge < -0.3 is 9.84 Å². The van der Waals surface area contributed by atoms with Crippen molar-refractivity contribution in [2.24, 2.45) is 0 Å². The van der Waals surface area contributed by atoms with Crippen molar-refractivity contribution in [3.63, 3.8) is 0 Å². The summed E-state index contributed by atoms with van der Waals surface area (Å²) >= 11 is 0. The Balaban J connectivity index is 1.93. The number of hydrogen-bond acceptors (Lipinski definition) is 4. The second-order valence-electron chi connectivity index (χ2n) is 10.9. The average Bonchev–Trinajstić information content (AvgIpc) is 2.84. The third kappa shape index (κ3) is 5.39. The van der Waals surface area contributed by atoms with Crippen molar-refractivity contribution in [3.8, 4) is 11.1 Å². The monoisotopic (exact) mass is 539 g/mol. The SMILES string of the molecule is Cc1ccc(-c2c(C)c3c(c(C)c2C(OC(C)(C)C)C(=O)O)CN(S(=O)(=O)c2cccc(F)c2)CC3)cc1. The van der Waals surface area contributed by atoms with E-state index < -0.39 is 33.5 Å². The van der Waals surface area contributed by atoms with Gasteiger partial charge in [0.05, 0.1) is 10.5 Å². The van der Waals surface area contributed by atoms with Crippen LogP contribution in [0.15, 0.2) is 53.4 Å². The topological polar surface area (TPSA) is 83.9 Å². The van der Waals surface area contributed by atoms with E-state index in [0.717, 1.165) is 39.4 Å². The Kier molecular flexibility index (Phi) is 7.54. The summed E-state index contributed by atoms with van der Waals surface area (Å²) in [5.74, 6) is -1.74. The van der Waals surface area contributed by atoms with Gasteiger partial charge in [-0.05, 0) is 99.5 Å². The Morgan fingerprint density at radius 2 is 1.68 bits per heavy atom. The second kappa shape index (κ2) is 10.2. The molecule has 3 aromatic carbocycles. The van der Waals surface area contributed by atoms with Gasteiger partial charge in [-0.1, -0.05) is 35.9 Å². The lowest BCUT2D eigenvalue weighted by Gasteiger charge is -2.35. The Morgan fingerprint density at radius 1 is 1.03 bits per heavy atom. The minimum absolute atomic E-state index is 0.0594. The number of nitrogens with zero attached hydrogens (tertiary/aromatic N) is 1. The number of aliphatic carboxylic acids is 1. The average molecular weight is 540 g/mol. The first-order valence-electron chi connectivity index (χ1n) is 12.6. The summed E-state index contributed by atoms with van der Waals surface area (Å²) in [7, 11) is -3.96. The van der Waals surface area contributed by atoms with Crippen LogP contribution in [0.5, 0.6) is 0 Å². The van der Waals surface area contributed by atoms with E-state index in [1.807, 2.05) is 65.8 Å². The lowest BCUT2D eigenvalue weighted by atomic mass is 9.80. The van der Waals surface area contributed by atoms with E-state index in [4.69, 9.17) is 4.74 Å². The number of carboxylic acids is 1. The Labute approximate surface area is 224 Å². The second-order valence-corrected chi connectivity index (χ2v) is 12.8. The molecule has 0 amide bonds. The summed E-state index contributed by atoms with van der Waals surface area (Å²) in [6.07, 6.45) is -0.807. The molecule has 1 aliphatic rings. The van der Waals surface area contributed by atoms with Crippen LogP contribution in [0, 0.1) is 26.6 Å². The van der Waals surface area contributed by atoms with Gasteiger partial charge in [-0.3, -0.25) is 0 Å². The Bertz CT molecular complexity index is 1490. The van der Waals surface area contributed by atoms with Crippen molar-refractivity contribution in [2.75, 3.05) is 6.54 Å². The van der Waals surface area contributed by atoms with E-state index in [9.17, 15) is 22.7 Å². The minimum atomic E-state index is -3.96. The first kappa shape index (κ1) is 28.0. The highest BCUT2D eigenvalue weighted by Gasteiger charge is 2.36. The molecule has 0 bridgehead atoms. The van der Waals surface area contributed by atoms with Crippen molar-refractivity contribution in [1.82, 2.24) is 4.31 Å². The Hall–Kier alpha value is -3.07. The van der Waals surface area contributed by atoms with Crippen LogP contribution in [0.2, 0.25) is 0 Å². The van der Waals surface area contributed by atoms with Gasteiger partial charge in [-0.15, -0.1) is 0 Å². The molecule has 0 saturated carbocycles. The van der Waals surface area contributed by atoms with Crippen LogP contribution in [0.3, 0.4) is 0 Å². The maximum atomic E-state index is 13.9. The highest BCUT2D eigenvalue weighted by atomic mass is 32.2. The van der Waals surface area contributed by atoms with E-state index in [1.54, 1.807) is 0 Å². The fraction of sp³-hybridized carbons (Fsp3) is 0.367. The molecular weight excluding hydrogens is 505 g/mol. The fourth-order valence-electron chi connectivity index (χ4n) is 5.19. The van der Waals surface area contributed by atoms with Crippen molar-refractivity contribution < 1.29 is 27.4 Å². The number of carboxylic acid groups (broad SMARTS) is 1. The number of carbonyl (C=O) groups is 1. The molecule has 0 aliphatic carbocycles. The quantitative estimate of drug-likeness (QED) is 0.409. The van der Waals surface area contributed by atoms with Gasteiger partial charge in [-0.2, -0.15) is 4.31 Å². The minimum Gasteiger partial charge on any atom is -0.479 e. The maximum Gasteiger partial charge on any atom is 0.337 e. The standard InChI is InChI=1S/C30H34FNO5S/c1-18-10-12-21(13-11-18)26-19(2)24-14-15-32(38(35,36)23-9-7-8-22(31)16-23)17-25(24)20(3)27(26)28(29(33)34)37-30(4,5)6/h7-13,16,28H,14-15,17H2,1-6H3,(H,33,34). The van der Waals surface area contributed by atoms with Gasteiger partial charge in [0.1, 0.15) is 5.82 Å². The molecule has 38 heavy (non-hydrogen) atoms. The molecule has 202 valence electrons. The van der Waals surface area contributed by atoms with Crippen molar-refractivity contribution in [3.05, 3.63) is 87.7 Å². The lowest BCUT2D eigenvalue weighted by Crippen LogP contribution is -2.37. The van der Waals surface area contributed by atoms with Crippen LogP contribution in [0.1, 0.15) is 60.3 Å². The molecule has 1 aliphatic heterocycles. The summed E-state index contributed by atoms with van der Waals surface area (Å²) < 4.78 is 48.1. The predicted molar refractivity (Wildman–Crippen MR) is 145 cm³/mol. The summed E-state index contributed by atoms with van der Waals surface area (Å²) in [5, 5.41) is 10.3. The van der Waals surface area contributed by atoms with Gasteiger partial charge in [0.2, 0.25) is 10.0 Å². The predicted octanol–water partition coefficient (Wildman–Crippen LogP) is 6.11. The van der Waals surface area contributed by atoms with Crippen LogP contribution < -0.4 is 0 Å². The van der Waals surface area contributed by atoms with E-state index in [2.05, 4.69) is 0 Å². The summed E-state index contributed by atoms with van der Waals surface area (Å²) in [5.41, 5.74) is 5.94. The molecule has 0 radical (unpaired) electrons. The van der Waals surface area contributed by atoms with E-state index in [1.165, 1.54) is 22.5 Å².